The predicted octanol–water partition coefficient (Wildman–Crippen LogP) is 2.08. The molecule has 2 bridgehead atoms. The van der Waals surface area contributed by atoms with Gasteiger partial charge in [0.1, 0.15) is 11.6 Å². The van der Waals surface area contributed by atoms with Crippen molar-refractivity contribution < 1.29 is 24.2 Å². The maximum atomic E-state index is 13.7. The minimum Gasteiger partial charge on any atom is -0.396 e. The summed E-state index contributed by atoms with van der Waals surface area (Å²) in [4.78, 5) is 42.1. The number of ether oxygens (including phenoxy) is 1. The minimum absolute atomic E-state index is 0.0982. The minimum atomic E-state index is -0.979. The molecule has 0 aromatic heterocycles. The molecule has 1 spiro atoms. The van der Waals surface area contributed by atoms with E-state index in [1.807, 2.05) is 51.1 Å². The molecule has 5 atom stereocenters. The summed E-state index contributed by atoms with van der Waals surface area (Å²) < 4.78 is 6.41. The van der Waals surface area contributed by atoms with Crippen molar-refractivity contribution in [1.29, 1.82) is 0 Å². The third-order valence-corrected chi connectivity index (χ3v) is 6.95. The van der Waals surface area contributed by atoms with Gasteiger partial charge in [0.15, 0.2) is 0 Å². The number of hydrogen-bond acceptors (Lipinski definition) is 5. The Bertz CT molecular complexity index is 899. The number of hydrogen-bond donors (Lipinski definition) is 3. The SMILES string of the molecule is CC(C)(C)NC(=O)C1N(CCCCCO)C(=O)[C@@H]2[C@@H](C(=O)Nc3ccccc3)[C@H]3CCC12O3. The number of nitrogens with zero attached hydrogens (tertiary/aromatic N) is 1. The van der Waals surface area contributed by atoms with Crippen LogP contribution in [0.15, 0.2) is 30.3 Å². The van der Waals surface area contributed by atoms with Crippen LogP contribution in [0.5, 0.6) is 0 Å². The number of benzene rings is 1. The van der Waals surface area contributed by atoms with Gasteiger partial charge in [-0.05, 0) is 65.0 Å². The second kappa shape index (κ2) is 9.06. The first kappa shape index (κ1) is 23.7. The summed E-state index contributed by atoms with van der Waals surface area (Å²) >= 11 is 0. The van der Waals surface area contributed by atoms with E-state index in [1.54, 1.807) is 4.90 Å². The first-order valence-electron chi connectivity index (χ1n) is 11.9. The van der Waals surface area contributed by atoms with E-state index >= 15 is 0 Å². The molecule has 33 heavy (non-hydrogen) atoms. The van der Waals surface area contributed by atoms with Crippen LogP contribution in [0.2, 0.25) is 0 Å². The summed E-state index contributed by atoms with van der Waals surface area (Å²) in [5.41, 5.74) is -0.766. The van der Waals surface area contributed by atoms with Crippen molar-refractivity contribution in [2.75, 3.05) is 18.5 Å². The number of rotatable bonds is 8. The van der Waals surface area contributed by atoms with Crippen LogP contribution in [0.4, 0.5) is 5.69 Å². The molecule has 0 aliphatic carbocycles. The zero-order chi connectivity index (χ0) is 23.8. The van der Waals surface area contributed by atoms with Crippen LogP contribution < -0.4 is 10.6 Å². The third kappa shape index (κ3) is 4.38. The van der Waals surface area contributed by atoms with Gasteiger partial charge in [-0.3, -0.25) is 14.4 Å². The molecule has 3 amide bonds. The molecule has 8 nitrogen and oxygen atoms in total. The number of anilines is 1. The lowest BCUT2D eigenvalue weighted by molar-refractivity contribution is -0.142. The van der Waals surface area contributed by atoms with Gasteiger partial charge in [-0.1, -0.05) is 18.2 Å². The quantitative estimate of drug-likeness (QED) is 0.518. The number of likely N-dealkylation sites (tertiary alicyclic amines) is 1. The lowest BCUT2D eigenvalue weighted by Crippen LogP contribution is -2.58. The number of amides is 3. The third-order valence-electron chi connectivity index (χ3n) is 6.95. The van der Waals surface area contributed by atoms with Crippen molar-refractivity contribution in [3.63, 3.8) is 0 Å². The van der Waals surface area contributed by atoms with Crippen LogP contribution in [0.1, 0.15) is 52.9 Å². The van der Waals surface area contributed by atoms with Gasteiger partial charge in [0.05, 0.1) is 17.9 Å². The Balaban J connectivity index is 1.62. The number of carbonyl (C=O) groups excluding carboxylic acids is 3. The van der Waals surface area contributed by atoms with Gasteiger partial charge in [0.2, 0.25) is 17.7 Å². The molecule has 0 saturated carbocycles. The van der Waals surface area contributed by atoms with Gasteiger partial charge in [-0.25, -0.2) is 0 Å². The average Bonchev–Trinajstić information content (AvgIpc) is 3.38. The summed E-state index contributed by atoms with van der Waals surface area (Å²) in [6.07, 6.45) is 2.94. The topological polar surface area (TPSA) is 108 Å². The summed E-state index contributed by atoms with van der Waals surface area (Å²) in [6.45, 7) is 6.23. The molecule has 4 rings (SSSR count). The number of fused-ring (bicyclic) bond motifs is 1. The van der Waals surface area contributed by atoms with Gasteiger partial charge in [0, 0.05) is 24.4 Å². The van der Waals surface area contributed by atoms with Crippen LogP contribution >= 0.6 is 0 Å². The van der Waals surface area contributed by atoms with Crippen molar-refractivity contribution >= 4 is 23.4 Å². The number of nitrogens with one attached hydrogen (secondary N) is 2. The fourth-order valence-corrected chi connectivity index (χ4v) is 5.75. The summed E-state index contributed by atoms with van der Waals surface area (Å²) in [7, 11) is 0. The number of aliphatic hydroxyl groups excluding tert-OH is 1. The lowest BCUT2D eigenvalue weighted by atomic mass is 9.70. The average molecular weight is 458 g/mol. The molecule has 8 heteroatoms. The first-order valence-corrected chi connectivity index (χ1v) is 11.9. The Kier molecular flexibility index (Phi) is 6.51. The molecule has 3 saturated heterocycles. The van der Waals surface area contributed by atoms with E-state index in [9.17, 15) is 14.4 Å². The maximum absolute atomic E-state index is 13.7. The highest BCUT2D eigenvalue weighted by molar-refractivity contribution is 6.02. The highest BCUT2D eigenvalue weighted by Crippen LogP contribution is 2.58. The Hall–Kier alpha value is -2.45. The zero-order valence-electron chi connectivity index (χ0n) is 19.7. The molecule has 3 heterocycles. The number of carbonyl (C=O) groups is 3. The Morgan fingerprint density at radius 1 is 1.15 bits per heavy atom. The van der Waals surface area contributed by atoms with Gasteiger partial charge in [0.25, 0.3) is 0 Å². The van der Waals surface area contributed by atoms with Crippen molar-refractivity contribution in [1.82, 2.24) is 10.2 Å². The highest BCUT2D eigenvalue weighted by Gasteiger charge is 2.74. The van der Waals surface area contributed by atoms with Crippen LogP contribution in [-0.4, -0.2) is 64.2 Å². The van der Waals surface area contributed by atoms with E-state index in [4.69, 9.17) is 9.84 Å². The van der Waals surface area contributed by atoms with Crippen LogP contribution in [0, 0.1) is 11.8 Å². The van der Waals surface area contributed by atoms with Crippen LogP contribution in [0.25, 0.3) is 0 Å². The molecule has 3 N–H and O–H groups in total. The molecule has 180 valence electrons. The predicted molar refractivity (Wildman–Crippen MR) is 123 cm³/mol. The summed E-state index contributed by atoms with van der Waals surface area (Å²) in [5.74, 6) is -1.94. The Morgan fingerprint density at radius 3 is 2.55 bits per heavy atom. The van der Waals surface area contributed by atoms with Gasteiger partial charge < -0.3 is 25.4 Å². The van der Waals surface area contributed by atoms with Crippen LogP contribution in [-0.2, 0) is 19.1 Å². The summed E-state index contributed by atoms with van der Waals surface area (Å²) in [6, 6.07) is 8.42. The van der Waals surface area contributed by atoms with E-state index in [1.165, 1.54) is 0 Å². The largest absolute Gasteiger partial charge is 0.396 e. The van der Waals surface area contributed by atoms with Gasteiger partial charge >= 0.3 is 0 Å². The fraction of sp³-hybridized carbons (Fsp3) is 0.640. The standard InChI is InChI=1S/C25H35N3O5/c1-24(2,3)27-22(31)20-25-13-12-17(33-25)18(21(30)26-16-10-6-4-7-11-16)19(25)23(32)28(20)14-8-5-9-15-29/h4,6-7,10-11,17-20,29H,5,8-9,12-15H2,1-3H3,(H,26,30)(H,27,31)/t17-,18+,19+,20?,25?/m1/s1. The Morgan fingerprint density at radius 2 is 1.88 bits per heavy atom. The maximum Gasteiger partial charge on any atom is 0.246 e. The van der Waals surface area contributed by atoms with Crippen LogP contribution in [0.3, 0.4) is 0 Å². The molecule has 1 aromatic rings. The van der Waals surface area contributed by atoms with E-state index in [0.29, 0.717) is 37.9 Å². The van der Waals surface area contributed by atoms with Gasteiger partial charge in [-0.2, -0.15) is 0 Å². The monoisotopic (exact) mass is 457 g/mol. The molecular formula is C25H35N3O5. The highest BCUT2D eigenvalue weighted by atomic mass is 16.5. The van der Waals surface area contributed by atoms with Crippen molar-refractivity contribution in [3.8, 4) is 0 Å². The molecule has 1 aromatic carbocycles. The molecular weight excluding hydrogens is 422 g/mol. The zero-order valence-corrected chi connectivity index (χ0v) is 19.7. The number of unbranched alkanes of at least 4 members (excludes halogenated alkanes) is 2. The molecule has 2 unspecified atom stereocenters. The molecule has 3 fully saturated rings. The van der Waals surface area contributed by atoms with Crippen molar-refractivity contribution in [2.24, 2.45) is 11.8 Å². The van der Waals surface area contributed by atoms with Crippen molar-refractivity contribution in [3.05, 3.63) is 30.3 Å². The Labute approximate surface area is 195 Å². The second-order valence-electron chi connectivity index (χ2n) is 10.5. The van der Waals surface area contributed by atoms with Crippen molar-refractivity contribution in [2.45, 2.75) is 76.2 Å². The van der Waals surface area contributed by atoms with E-state index in [2.05, 4.69) is 10.6 Å². The smallest absolute Gasteiger partial charge is 0.246 e. The fourth-order valence-electron chi connectivity index (χ4n) is 5.75. The molecule has 0 radical (unpaired) electrons. The molecule has 3 aliphatic rings. The summed E-state index contributed by atoms with van der Waals surface area (Å²) in [5, 5.41) is 15.1. The van der Waals surface area contributed by atoms with Gasteiger partial charge in [-0.15, -0.1) is 0 Å². The van der Waals surface area contributed by atoms with E-state index in [0.717, 1.165) is 6.42 Å². The lowest BCUT2D eigenvalue weighted by Gasteiger charge is -2.35. The first-order chi connectivity index (χ1) is 15.7. The van der Waals surface area contributed by atoms with E-state index < -0.39 is 29.0 Å². The number of aliphatic hydroxyl groups is 1. The number of para-hydroxylation sites is 1. The second-order valence-corrected chi connectivity index (χ2v) is 10.5. The normalized spacial score (nSPS) is 30.4. The van der Waals surface area contributed by atoms with E-state index in [-0.39, 0.29) is 30.4 Å². The molecule has 3 aliphatic heterocycles.